The lowest BCUT2D eigenvalue weighted by molar-refractivity contribution is 0.616. The van der Waals surface area contributed by atoms with Crippen molar-refractivity contribution in [2.24, 2.45) is 0 Å². The summed E-state index contributed by atoms with van der Waals surface area (Å²) in [5, 5.41) is 3.32. The fourth-order valence-electron chi connectivity index (χ4n) is 2.16. The smallest absolute Gasteiger partial charge is 0.132 e. The third-order valence-electron chi connectivity index (χ3n) is 3.14. The van der Waals surface area contributed by atoms with Crippen molar-refractivity contribution < 1.29 is 0 Å². The van der Waals surface area contributed by atoms with E-state index >= 15 is 0 Å². The highest BCUT2D eigenvalue weighted by atomic mass is 15.2. The van der Waals surface area contributed by atoms with Gasteiger partial charge in [-0.15, -0.1) is 0 Å². The van der Waals surface area contributed by atoms with Gasteiger partial charge in [-0.25, -0.2) is 9.97 Å². The van der Waals surface area contributed by atoms with E-state index in [1.807, 2.05) is 7.05 Å². The van der Waals surface area contributed by atoms with Crippen molar-refractivity contribution >= 4 is 5.82 Å². The summed E-state index contributed by atoms with van der Waals surface area (Å²) >= 11 is 0. The lowest BCUT2D eigenvalue weighted by Gasteiger charge is -2.17. The molecule has 1 fully saturated rings. The first-order valence-electron chi connectivity index (χ1n) is 6.06. The molecule has 0 bridgehead atoms. The molecule has 1 aliphatic heterocycles. The average Bonchev–Trinajstić information content (AvgIpc) is 2.78. The minimum absolute atomic E-state index is 0.601. The number of likely N-dealkylation sites (N-methyl/N-ethyl adjacent to an activating group) is 1. The molecule has 0 amide bonds. The number of nitrogens with one attached hydrogen (secondary N) is 1. The van der Waals surface area contributed by atoms with E-state index in [1.54, 1.807) is 6.33 Å². The molecule has 0 spiro atoms. The van der Waals surface area contributed by atoms with E-state index in [4.69, 9.17) is 0 Å². The molecular formula is C12H20N4. The fraction of sp³-hybridized carbons (Fsp3) is 0.667. The second-order valence-electron chi connectivity index (χ2n) is 4.34. The summed E-state index contributed by atoms with van der Waals surface area (Å²) in [5.41, 5.74) is 1.15. The Morgan fingerprint density at radius 2 is 2.38 bits per heavy atom. The lowest BCUT2D eigenvalue weighted by Crippen LogP contribution is -2.29. The highest BCUT2D eigenvalue weighted by Crippen LogP contribution is 2.18. The second-order valence-corrected chi connectivity index (χ2v) is 4.34. The number of anilines is 1. The second kappa shape index (κ2) is 5.25. The van der Waals surface area contributed by atoms with Gasteiger partial charge in [-0.1, -0.05) is 13.3 Å². The van der Waals surface area contributed by atoms with Crippen LogP contribution in [0.15, 0.2) is 12.4 Å². The SMILES string of the molecule is CCCc1cc(N2CCC(NC)C2)ncn1. The molecule has 88 valence electrons. The molecule has 1 atom stereocenters. The van der Waals surface area contributed by atoms with Crippen LogP contribution in [0, 0.1) is 0 Å². The maximum Gasteiger partial charge on any atom is 0.132 e. The molecular weight excluding hydrogens is 200 g/mol. The van der Waals surface area contributed by atoms with E-state index in [1.165, 1.54) is 6.42 Å². The normalized spacial score (nSPS) is 20.4. The van der Waals surface area contributed by atoms with Crippen LogP contribution in [0.25, 0.3) is 0 Å². The molecule has 1 aromatic heterocycles. The standard InChI is InChI=1S/C12H20N4/c1-3-4-10-7-12(15-9-14-10)16-6-5-11(8-16)13-2/h7,9,11,13H,3-6,8H2,1-2H3. The quantitative estimate of drug-likeness (QED) is 0.828. The highest BCUT2D eigenvalue weighted by molar-refractivity contribution is 5.40. The molecule has 4 heteroatoms. The Morgan fingerprint density at radius 3 is 3.06 bits per heavy atom. The van der Waals surface area contributed by atoms with Crippen LogP contribution >= 0.6 is 0 Å². The third-order valence-corrected chi connectivity index (χ3v) is 3.14. The van der Waals surface area contributed by atoms with Gasteiger partial charge in [-0.05, 0) is 19.9 Å². The van der Waals surface area contributed by atoms with Gasteiger partial charge >= 0.3 is 0 Å². The first kappa shape index (κ1) is 11.3. The Labute approximate surface area is 97.1 Å². The van der Waals surface area contributed by atoms with Crippen LogP contribution in [-0.2, 0) is 6.42 Å². The van der Waals surface area contributed by atoms with Gasteiger partial charge in [-0.3, -0.25) is 0 Å². The predicted molar refractivity (Wildman–Crippen MR) is 65.7 cm³/mol. The van der Waals surface area contributed by atoms with E-state index < -0.39 is 0 Å². The van der Waals surface area contributed by atoms with Crippen molar-refractivity contribution in [2.75, 3.05) is 25.0 Å². The van der Waals surface area contributed by atoms with Gasteiger partial charge in [0, 0.05) is 30.9 Å². The van der Waals surface area contributed by atoms with E-state index in [0.29, 0.717) is 6.04 Å². The zero-order valence-corrected chi connectivity index (χ0v) is 10.1. The molecule has 1 aromatic rings. The number of nitrogens with zero attached hydrogens (tertiary/aromatic N) is 3. The summed E-state index contributed by atoms with van der Waals surface area (Å²) in [6.07, 6.45) is 5.06. The van der Waals surface area contributed by atoms with E-state index in [0.717, 1.165) is 37.4 Å². The lowest BCUT2D eigenvalue weighted by atomic mass is 10.2. The molecule has 0 saturated carbocycles. The molecule has 4 nitrogen and oxygen atoms in total. The van der Waals surface area contributed by atoms with Crippen LogP contribution in [-0.4, -0.2) is 36.1 Å². The molecule has 1 saturated heterocycles. The molecule has 2 heterocycles. The van der Waals surface area contributed by atoms with Crippen LogP contribution in [0.1, 0.15) is 25.5 Å². The predicted octanol–water partition coefficient (Wildman–Crippen LogP) is 1.23. The minimum Gasteiger partial charge on any atom is -0.355 e. The average molecular weight is 220 g/mol. The van der Waals surface area contributed by atoms with Crippen molar-refractivity contribution in [2.45, 2.75) is 32.2 Å². The van der Waals surface area contributed by atoms with Crippen LogP contribution in [0.2, 0.25) is 0 Å². The first-order valence-corrected chi connectivity index (χ1v) is 6.06. The topological polar surface area (TPSA) is 41.0 Å². The van der Waals surface area contributed by atoms with Crippen LogP contribution in [0.3, 0.4) is 0 Å². The molecule has 2 rings (SSSR count). The van der Waals surface area contributed by atoms with Gasteiger partial charge in [-0.2, -0.15) is 0 Å². The van der Waals surface area contributed by atoms with Gasteiger partial charge in [0.2, 0.25) is 0 Å². The first-order chi connectivity index (χ1) is 7.83. The Kier molecular flexibility index (Phi) is 3.72. The maximum absolute atomic E-state index is 4.36. The Bertz CT molecular complexity index is 340. The van der Waals surface area contributed by atoms with E-state index in [9.17, 15) is 0 Å². The summed E-state index contributed by atoms with van der Waals surface area (Å²) in [4.78, 5) is 11.0. The zero-order valence-electron chi connectivity index (χ0n) is 10.1. The van der Waals surface area contributed by atoms with Crippen molar-refractivity contribution in [1.82, 2.24) is 15.3 Å². The third kappa shape index (κ3) is 2.50. The Hall–Kier alpha value is -1.16. The van der Waals surface area contributed by atoms with Gasteiger partial charge in [0.05, 0.1) is 0 Å². The van der Waals surface area contributed by atoms with Crippen LogP contribution < -0.4 is 10.2 Å². The Balaban J connectivity index is 2.06. The molecule has 1 aliphatic rings. The van der Waals surface area contributed by atoms with Gasteiger partial charge in [0.25, 0.3) is 0 Å². The number of aryl methyl sites for hydroxylation is 1. The summed E-state index contributed by atoms with van der Waals surface area (Å²) in [5.74, 6) is 1.08. The molecule has 16 heavy (non-hydrogen) atoms. The van der Waals surface area contributed by atoms with Crippen molar-refractivity contribution in [3.05, 3.63) is 18.1 Å². The van der Waals surface area contributed by atoms with Crippen molar-refractivity contribution in [3.8, 4) is 0 Å². The number of hydrogen-bond donors (Lipinski definition) is 1. The highest BCUT2D eigenvalue weighted by Gasteiger charge is 2.21. The van der Waals surface area contributed by atoms with Gasteiger partial charge in [0.1, 0.15) is 12.1 Å². The Morgan fingerprint density at radius 1 is 1.50 bits per heavy atom. The van der Waals surface area contributed by atoms with Crippen LogP contribution in [0.4, 0.5) is 5.82 Å². The molecule has 0 aliphatic carbocycles. The summed E-state index contributed by atoms with van der Waals surface area (Å²) < 4.78 is 0. The zero-order chi connectivity index (χ0) is 11.4. The summed E-state index contributed by atoms with van der Waals surface area (Å²) in [7, 11) is 2.02. The van der Waals surface area contributed by atoms with Gasteiger partial charge < -0.3 is 10.2 Å². The molecule has 0 radical (unpaired) electrons. The maximum atomic E-state index is 4.36. The number of hydrogen-bond acceptors (Lipinski definition) is 4. The minimum atomic E-state index is 0.601. The summed E-state index contributed by atoms with van der Waals surface area (Å²) in [6.45, 7) is 4.32. The fourth-order valence-corrected chi connectivity index (χ4v) is 2.16. The van der Waals surface area contributed by atoms with Crippen LogP contribution in [0.5, 0.6) is 0 Å². The largest absolute Gasteiger partial charge is 0.355 e. The molecule has 1 N–H and O–H groups in total. The van der Waals surface area contributed by atoms with Gasteiger partial charge in [0.15, 0.2) is 0 Å². The van der Waals surface area contributed by atoms with Crippen molar-refractivity contribution in [3.63, 3.8) is 0 Å². The van der Waals surface area contributed by atoms with E-state index in [2.05, 4.69) is 33.2 Å². The number of aromatic nitrogens is 2. The van der Waals surface area contributed by atoms with Crippen molar-refractivity contribution in [1.29, 1.82) is 0 Å². The van der Waals surface area contributed by atoms with E-state index in [-0.39, 0.29) is 0 Å². The molecule has 1 unspecified atom stereocenters. The molecule has 0 aromatic carbocycles. The summed E-state index contributed by atoms with van der Waals surface area (Å²) in [6, 6.07) is 2.73. The number of rotatable bonds is 4. The monoisotopic (exact) mass is 220 g/mol.